The van der Waals surface area contributed by atoms with Gasteiger partial charge in [-0.1, -0.05) is 24.4 Å². The quantitative estimate of drug-likeness (QED) is 0.725. The number of rotatable bonds is 3. The van der Waals surface area contributed by atoms with E-state index >= 15 is 0 Å². The van der Waals surface area contributed by atoms with E-state index in [0.717, 1.165) is 19.3 Å². The first kappa shape index (κ1) is 12.5. The molecule has 0 bridgehead atoms. The van der Waals surface area contributed by atoms with Gasteiger partial charge in [-0.05, 0) is 18.9 Å². The molecule has 4 N–H and O–H groups in total. The van der Waals surface area contributed by atoms with Gasteiger partial charge in [0.2, 0.25) is 0 Å². The second-order valence-electron chi connectivity index (χ2n) is 4.60. The molecular weight excluding hydrogens is 238 g/mol. The van der Waals surface area contributed by atoms with Gasteiger partial charge in [0, 0.05) is 24.2 Å². The van der Waals surface area contributed by atoms with Crippen molar-refractivity contribution in [1.82, 2.24) is 4.98 Å². The maximum Gasteiger partial charge on any atom is 0.133 e. The number of nitrogen functional groups attached to an aromatic ring is 1. The van der Waals surface area contributed by atoms with E-state index in [1.165, 1.54) is 6.42 Å². The molecular formula is C12H18ClN3O. The summed E-state index contributed by atoms with van der Waals surface area (Å²) in [7, 11) is 0. The van der Waals surface area contributed by atoms with Crippen LogP contribution in [-0.2, 0) is 0 Å². The lowest BCUT2D eigenvalue weighted by molar-refractivity contribution is 0.0763. The van der Waals surface area contributed by atoms with Crippen molar-refractivity contribution in [3.8, 4) is 0 Å². The Balaban J connectivity index is 1.92. The first-order valence-electron chi connectivity index (χ1n) is 6.00. The summed E-state index contributed by atoms with van der Waals surface area (Å²) >= 11 is 5.82. The van der Waals surface area contributed by atoms with Crippen molar-refractivity contribution in [1.29, 1.82) is 0 Å². The Kier molecular flexibility index (Phi) is 4.07. The topological polar surface area (TPSA) is 71.2 Å². The van der Waals surface area contributed by atoms with Crippen LogP contribution in [0.25, 0.3) is 0 Å². The predicted octanol–water partition coefficient (Wildman–Crippen LogP) is 2.28. The lowest BCUT2D eigenvalue weighted by atomic mass is 9.86. The molecule has 94 valence electrons. The van der Waals surface area contributed by atoms with Gasteiger partial charge >= 0.3 is 0 Å². The van der Waals surface area contributed by atoms with E-state index < -0.39 is 0 Å². The molecule has 0 aliphatic heterocycles. The number of aliphatic hydroxyl groups is 1. The number of nitrogens with zero attached hydrogens (tertiary/aromatic N) is 1. The molecule has 0 spiro atoms. The van der Waals surface area contributed by atoms with Crippen LogP contribution in [0.5, 0.6) is 0 Å². The summed E-state index contributed by atoms with van der Waals surface area (Å²) in [5, 5.41) is 13.4. The van der Waals surface area contributed by atoms with Gasteiger partial charge in [0.05, 0.1) is 6.10 Å². The van der Waals surface area contributed by atoms with E-state index in [9.17, 15) is 5.11 Å². The second-order valence-corrected chi connectivity index (χ2v) is 4.99. The summed E-state index contributed by atoms with van der Waals surface area (Å²) in [5.74, 6) is 0.971. The summed E-state index contributed by atoms with van der Waals surface area (Å²) in [6, 6.07) is 3.36. The van der Waals surface area contributed by atoms with Crippen molar-refractivity contribution in [3.05, 3.63) is 17.3 Å². The fraction of sp³-hybridized carbons (Fsp3) is 0.583. The highest BCUT2D eigenvalue weighted by Crippen LogP contribution is 2.25. The third kappa shape index (κ3) is 3.48. The van der Waals surface area contributed by atoms with Gasteiger partial charge in [-0.2, -0.15) is 0 Å². The standard InChI is InChI=1S/C12H18ClN3O/c13-11-5-9(14)6-12(16-11)15-7-8-3-1-2-4-10(8)17/h5-6,8,10,17H,1-4,7H2,(H3,14,15,16). The Labute approximate surface area is 106 Å². The van der Waals surface area contributed by atoms with E-state index in [0.29, 0.717) is 29.1 Å². The zero-order valence-corrected chi connectivity index (χ0v) is 10.5. The van der Waals surface area contributed by atoms with Crippen LogP contribution in [0, 0.1) is 5.92 Å². The van der Waals surface area contributed by atoms with Gasteiger partial charge in [0.15, 0.2) is 0 Å². The van der Waals surface area contributed by atoms with E-state index in [-0.39, 0.29) is 6.10 Å². The third-order valence-electron chi connectivity index (χ3n) is 3.23. The Morgan fingerprint density at radius 2 is 2.18 bits per heavy atom. The molecule has 4 nitrogen and oxygen atoms in total. The molecule has 0 amide bonds. The molecule has 1 aliphatic carbocycles. The molecule has 0 radical (unpaired) electrons. The Hall–Kier alpha value is -1.00. The molecule has 1 saturated carbocycles. The number of nitrogens with one attached hydrogen (secondary N) is 1. The number of aromatic nitrogens is 1. The molecule has 17 heavy (non-hydrogen) atoms. The predicted molar refractivity (Wildman–Crippen MR) is 70.1 cm³/mol. The summed E-state index contributed by atoms with van der Waals surface area (Å²) in [4.78, 5) is 4.14. The van der Waals surface area contributed by atoms with Crippen LogP contribution in [0.3, 0.4) is 0 Å². The van der Waals surface area contributed by atoms with Crippen LogP contribution in [-0.4, -0.2) is 22.7 Å². The number of hydrogen-bond donors (Lipinski definition) is 3. The maximum atomic E-state index is 9.84. The molecule has 2 atom stereocenters. The smallest absolute Gasteiger partial charge is 0.133 e. The van der Waals surface area contributed by atoms with Gasteiger partial charge in [0.1, 0.15) is 11.0 Å². The minimum Gasteiger partial charge on any atom is -0.399 e. The SMILES string of the molecule is Nc1cc(Cl)nc(NCC2CCCCC2O)c1. The molecule has 2 unspecified atom stereocenters. The number of halogens is 1. The van der Waals surface area contributed by atoms with Gasteiger partial charge in [-0.15, -0.1) is 0 Å². The largest absolute Gasteiger partial charge is 0.399 e. The average molecular weight is 256 g/mol. The van der Waals surface area contributed by atoms with E-state index in [1.54, 1.807) is 12.1 Å². The lowest BCUT2D eigenvalue weighted by Crippen LogP contribution is -2.30. The molecule has 2 rings (SSSR count). The van der Waals surface area contributed by atoms with Crippen LogP contribution >= 0.6 is 11.6 Å². The number of aliphatic hydroxyl groups excluding tert-OH is 1. The van der Waals surface area contributed by atoms with E-state index in [2.05, 4.69) is 10.3 Å². The van der Waals surface area contributed by atoms with Crippen molar-refractivity contribution >= 4 is 23.1 Å². The number of hydrogen-bond acceptors (Lipinski definition) is 4. The summed E-state index contributed by atoms with van der Waals surface area (Å²) in [5.41, 5.74) is 6.28. The van der Waals surface area contributed by atoms with Crippen molar-refractivity contribution < 1.29 is 5.11 Å². The molecule has 1 aliphatic rings. The van der Waals surface area contributed by atoms with Crippen molar-refractivity contribution in [2.24, 2.45) is 5.92 Å². The zero-order valence-electron chi connectivity index (χ0n) is 9.69. The maximum absolute atomic E-state index is 9.84. The molecule has 1 heterocycles. The molecule has 0 aromatic carbocycles. The van der Waals surface area contributed by atoms with Crippen LogP contribution < -0.4 is 11.1 Å². The van der Waals surface area contributed by atoms with Gasteiger partial charge < -0.3 is 16.2 Å². The number of nitrogens with two attached hydrogens (primary N) is 1. The minimum atomic E-state index is -0.201. The fourth-order valence-corrected chi connectivity index (χ4v) is 2.49. The Bertz CT molecular complexity index is 366. The second kappa shape index (κ2) is 5.56. The monoisotopic (exact) mass is 255 g/mol. The summed E-state index contributed by atoms with van der Waals surface area (Å²) < 4.78 is 0. The average Bonchev–Trinajstić information content (AvgIpc) is 2.27. The Morgan fingerprint density at radius 3 is 2.88 bits per heavy atom. The number of pyridine rings is 1. The summed E-state index contributed by atoms with van der Waals surface area (Å²) in [6.07, 6.45) is 4.07. The molecule has 0 saturated heterocycles. The van der Waals surface area contributed by atoms with Crippen LogP contribution in [0.4, 0.5) is 11.5 Å². The highest BCUT2D eigenvalue weighted by molar-refractivity contribution is 6.29. The van der Waals surface area contributed by atoms with Crippen molar-refractivity contribution in [2.75, 3.05) is 17.6 Å². The summed E-state index contributed by atoms with van der Waals surface area (Å²) in [6.45, 7) is 0.716. The van der Waals surface area contributed by atoms with Gasteiger partial charge in [0.25, 0.3) is 0 Å². The van der Waals surface area contributed by atoms with Crippen LogP contribution in [0.2, 0.25) is 5.15 Å². The van der Waals surface area contributed by atoms with Gasteiger partial charge in [-0.3, -0.25) is 0 Å². The van der Waals surface area contributed by atoms with Crippen molar-refractivity contribution in [2.45, 2.75) is 31.8 Å². The zero-order chi connectivity index (χ0) is 12.3. The van der Waals surface area contributed by atoms with Crippen LogP contribution in [0.1, 0.15) is 25.7 Å². The highest BCUT2D eigenvalue weighted by atomic mass is 35.5. The van der Waals surface area contributed by atoms with Crippen LogP contribution in [0.15, 0.2) is 12.1 Å². The van der Waals surface area contributed by atoms with E-state index in [1.807, 2.05) is 0 Å². The molecule has 1 fully saturated rings. The highest BCUT2D eigenvalue weighted by Gasteiger charge is 2.22. The van der Waals surface area contributed by atoms with Gasteiger partial charge in [-0.25, -0.2) is 4.98 Å². The normalized spacial score (nSPS) is 24.6. The first-order valence-corrected chi connectivity index (χ1v) is 6.38. The third-order valence-corrected chi connectivity index (χ3v) is 3.42. The molecule has 1 aromatic rings. The fourth-order valence-electron chi connectivity index (χ4n) is 2.27. The first-order chi connectivity index (χ1) is 8.15. The molecule has 5 heteroatoms. The lowest BCUT2D eigenvalue weighted by Gasteiger charge is -2.27. The van der Waals surface area contributed by atoms with Crippen molar-refractivity contribution in [3.63, 3.8) is 0 Å². The molecule has 1 aromatic heterocycles. The van der Waals surface area contributed by atoms with E-state index in [4.69, 9.17) is 17.3 Å². The Morgan fingerprint density at radius 1 is 1.41 bits per heavy atom. The number of anilines is 2. The minimum absolute atomic E-state index is 0.201.